The van der Waals surface area contributed by atoms with E-state index in [1.165, 1.54) is 5.56 Å². The molecule has 5 nitrogen and oxygen atoms in total. The molecule has 0 aliphatic carbocycles. The van der Waals surface area contributed by atoms with Gasteiger partial charge in [0, 0.05) is 44.0 Å². The van der Waals surface area contributed by atoms with Crippen LogP contribution in [0.25, 0.3) is 0 Å². The molecule has 1 aromatic rings. The average molecular weight is 279 g/mol. The molecule has 0 radical (unpaired) electrons. The molecule has 5 heteroatoms. The number of hydrogen-bond acceptors (Lipinski definition) is 4. The first kappa shape index (κ1) is 15.5. The first-order valence-electron chi connectivity index (χ1n) is 7.58. The van der Waals surface area contributed by atoms with E-state index in [1.54, 1.807) is 0 Å². The Morgan fingerprint density at radius 3 is 2.60 bits per heavy atom. The summed E-state index contributed by atoms with van der Waals surface area (Å²) in [6.45, 7) is 6.69. The third-order valence-corrected chi connectivity index (χ3v) is 4.60. The van der Waals surface area contributed by atoms with Crippen molar-refractivity contribution in [3.8, 4) is 0 Å². The summed E-state index contributed by atoms with van der Waals surface area (Å²) in [5.41, 5.74) is 7.66. The normalized spacial score (nSPS) is 27.1. The van der Waals surface area contributed by atoms with Gasteiger partial charge in [-0.25, -0.2) is 0 Å². The minimum Gasteiger partial charge on any atom is -0.326 e. The molecule has 1 aromatic heterocycles. The van der Waals surface area contributed by atoms with Crippen molar-refractivity contribution in [2.24, 2.45) is 18.7 Å². The van der Waals surface area contributed by atoms with E-state index in [9.17, 15) is 0 Å². The molecule has 1 aliphatic rings. The van der Waals surface area contributed by atoms with Gasteiger partial charge in [-0.1, -0.05) is 13.8 Å². The lowest BCUT2D eigenvalue weighted by molar-refractivity contribution is 0.190. The van der Waals surface area contributed by atoms with Crippen molar-refractivity contribution in [2.45, 2.75) is 38.4 Å². The van der Waals surface area contributed by atoms with Crippen molar-refractivity contribution >= 4 is 0 Å². The third kappa shape index (κ3) is 3.05. The van der Waals surface area contributed by atoms with E-state index in [1.807, 2.05) is 17.9 Å². The Balaban J connectivity index is 2.20. The predicted molar refractivity (Wildman–Crippen MR) is 82.4 cm³/mol. The van der Waals surface area contributed by atoms with Gasteiger partial charge >= 0.3 is 0 Å². The highest BCUT2D eigenvalue weighted by molar-refractivity contribution is 5.14. The number of nitrogens with zero attached hydrogens (tertiary/aromatic N) is 4. The van der Waals surface area contributed by atoms with Gasteiger partial charge in [0.05, 0.1) is 12.2 Å². The second-order valence-corrected chi connectivity index (χ2v) is 6.43. The van der Waals surface area contributed by atoms with Crippen LogP contribution in [0, 0.1) is 5.92 Å². The topological polar surface area (TPSA) is 50.3 Å². The second-order valence-electron chi connectivity index (χ2n) is 6.43. The first-order valence-corrected chi connectivity index (χ1v) is 7.58. The van der Waals surface area contributed by atoms with Crippen LogP contribution in [0.15, 0.2) is 12.4 Å². The summed E-state index contributed by atoms with van der Waals surface area (Å²) < 4.78 is 1.87. The fourth-order valence-electron chi connectivity index (χ4n) is 3.43. The van der Waals surface area contributed by atoms with Crippen LogP contribution in [0.5, 0.6) is 0 Å². The highest BCUT2D eigenvalue weighted by Gasteiger charge is 2.37. The smallest absolute Gasteiger partial charge is 0.0538 e. The van der Waals surface area contributed by atoms with Gasteiger partial charge in [0.15, 0.2) is 0 Å². The Hall–Kier alpha value is -0.910. The van der Waals surface area contributed by atoms with Gasteiger partial charge < -0.3 is 10.6 Å². The van der Waals surface area contributed by atoms with E-state index in [4.69, 9.17) is 5.73 Å². The number of nitrogens with two attached hydrogens (primary N) is 1. The third-order valence-electron chi connectivity index (χ3n) is 4.60. The van der Waals surface area contributed by atoms with Crippen molar-refractivity contribution in [1.29, 1.82) is 0 Å². The van der Waals surface area contributed by atoms with Gasteiger partial charge in [0.1, 0.15) is 0 Å². The Bertz CT molecular complexity index is 428. The summed E-state index contributed by atoms with van der Waals surface area (Å²) in [5.74, 6) is 0.674. The highest BCUT2D eigenvalue weighted by Crippen LogP contribution is 2.31. The number of likely N-dealkylation sites (N-methyl/N-ethyl adjacent to an activating group) is 1. The molecule has 0 saturated carbocycles. The molecule has 114 valence electrons. The summed E-state index contributed by atoms with van der Waals surface area (Å²) in [6, 6.07) is 1.05. The van der Waals surface area contributed by atoms with Gasteiger partial charge in [-0.15, -0.1) is 0 Å². The van der Waals surface area contributed by atoms with Crippen LogP contribution in [0.3, 0.4) is 0 Å². The van der Waals surface area contributed by atoms with E-state index in [0.29, 0.717) is 12.0 Å². The molecule has 1 fully saturated rings. The van der Waals surface area contributed by atoms with Crippen LogP contribution < -0.4 is 5.73 Å². The molecule has 1 aliphatic heterocycles. The Kier molecular flexibility index (Phi) is 4.83. The maximum absolute atomic E-state index is 6.41. The number of rotatable bonds is 5. The maximum atomic E-state index is 6.41. The van der Waals surface area contributed by atoms with Crippen molar-refractivity contribution < 1.29 is 0 Å². The molecule has 20 heavy (non-hydrogen) atoms. The molecule has 4 atom stereocenters. The molecule has 4 unspecified atom stereocenters. The lowest BCUT2D eigenvalue weighted by Crippen LogP contribution is -2.41. The Labute approximate surface area is 122 Å². The SMILES string of the molecule is CCC(N)C(c1cnn(C)c1)N1CC(C)C(N(C)C)C1. The summed E-state index contributed by atoms with van der Waals surface area (Å²) in [5, 5.41) is 4.32. The fourth-order valence-corrected chi connectivity index (χ4v) is 3.43. The van der Waals surface area contributed by atoms with E-state index in [0.717, 1.165) is 19.5 Å². The Morgan fingerprint density at radius 2 is 2.15 bits per heavy atom. The summed E-state index contributed by atoms with van der Waals surface area (Å²) in [4.78, 5) is 4.88. The largest absolute Gasteiger partial charge is 0.326 e. The van der Waals surface area contributed by atoms with Crippen LogP contribution >= 0.6 is 0 Å². The zero-order valence-electron chi connectivity index (χ0n) is 13.5. The molecular formula is C15H29N5. The zero-order chi connectivity index (χ0) is 14.9. The van der Waals surface area contributed by atoms with Crippen LogP contribution in [-0.4, -0.2) is 58.8 Å². The van der Waals surface area contributed by atoms with Crippen molar-refractivity contribution in [3.05, 3.63) is 18.0 Å². The Morgan fingerprint density at radius 1 is 1.45 bits per heavy atom. The van der Waals surface area contributed by atoms with Gasteiger partial charge in [0.25, 0.3) is 0 Å². The number of aryl methyl sites for hydroxylation is 1. The molecule has 2 N–H and O–H groups in total. The molecule has 0 spiro atoms. The van der Waals surface area contributed by atoms with E-state index in [-0.39, 0.29) is 12.1 Å². The first-order chi connectivity index (χ1) is 9.43. The zero-order valence-corrected chi connectivity index (χ0v) is 13.5. The lowest BCUT2D eigenvalue weighted by atomic mass is 9.99. The lowest BCUT2D eigenvalue weighted by Gasteiger charge is -2.32. The fraction of sp³-hybridized carbons (Fsp3) is 0.800. The van der Waals surface area contributed by atoms with Crippen molar-refractivity contribution in [3.63, 3.8) is 0 Å². The highest BCUT2D eigenvalue weighted by atomic mass is 15.3. The second kappa shape index (κ2) is 6.24. The van der Waals surface area contributed by atoms with Crippen LogP contribution in [0.1, 0.15) is 31.9 Å². The minimum absolute atomic E-state index is 0.160. The standard InChI is InChI=1S/C15H29N5/c1-6-13(16)15(12-7-17-19(5)9-12)20-8-11(2)14(10-20)18(3)4/h7,9,11,13-15H,6,8,10,16H2,1-5H3. The van der Waals surface area contributed by atoms with Gasteiger partial charge in [-0.05, 0) is 26.4 Å². The van der Waals surface area contributed by atoms with Crippen LogP contribution in [0.2, 0.25) is 0 Å². The summed E-state index contributed by atoms with van der Waals surface area (Å²) in [6.07, 6.45) is 5.05. The predicted octanol–water partition coefficient (Wildman–Crippen LogP) is 1.08. The molecular weight excluding hydrogens is 250 g/mol. The maximum Gasteiger partial charge on any atom is 0.0538 e. The number of likely N-dealkylation sites (tertiary alicyclic amines) is 1. The van der Waals surface area contributed by atoms with Gasteiger partial charge in [-0.2, -0.15) is 5.10 Å². The van der Waals surface area contributed by atoms with Gasteiger partial charge in [0.2, 0.25) is 0 Å². The molecule has 0 bridgehead atoms. The molecule has 2 rings (SSSR count). The molecule has 0 amide bonds. The number of aromatic nitrogens is 2. The van der Waals surface area contributed by atoms with E-state index in [2.05, 4.69) is 49.0 Å². The minimum atomic E-state index is 0.160. The molecule has 2 heterocycles. The monoisotopic (exact) mass is 279 g/mol. The summed E-state index contributed by atoms with van der Waals surface area (Å²) in [7, 11) is 6.31. The quantitative estimate of drug-likeness (QED) is 0.876. The van der Waals surface area contributed by atoms with E-state index < -0.39 is 0 Å². The van der Waals surface area contributed by atoms with Gasteiger partial charge in [-0.3, -0.25) is 9.58 Å². The molecule has 1 saturated heterocycles. The number of hydrogen-bond donors (Lipinski definition) is 1. The molecule has 0 aromatic carbocycles. The van der Waals surface area contributed by atoms with Crippen LogP contribution in [0.4, 0.5) is 0 Å². The average Bonchev–Trinajstić information content (AvgIpc) is 2.96. The summed E-state index contributed by atoms with van der Waals surface area (Å²) >= 11 is 0. The van der Waals surface area contributed by atoms with Crippen LogP contribution in [-0.2, 0) is 7.05 Å². The van der Waals surface area contributed by atoms with Crippen molar-refractivity contribution in [1.82, 2.24) is 19.6 Å². The van der Waals surface area contributed by atoms with Crippen molar-refractivity contribution in [2.75, 3.05) is 27.2 Å². The van der Waals surface area contributed by atoms with E-state index >= 15 is 0 Å².